The molecule has 2 N–H and O–H groups in total. The summed E-state index contributed by atoms with van der Waals surface area (Å²) in [6.45, 7) is 0.111. The van der Waals surface area contributed by atoms with E-state index in [0.717, 1.165) is 0 Å². The highest BCUT2D eigenvalue weighted by molar-refractivity contribution is 5.94. The Kier molecular flexibility index (Phi) is 3.35. The molecule has 0 spiro atoms. The number of ether oxygens (including phenoxy) is 2. The predicted octanol–water partition coefficient (Wildman–Crippen LogP) is 3.15. The fraction of sp³-hybridized carbons (Fsp3) is 0.111. The molecule has 2 heterocycles. The first kappa shape index (κ1) is 15.1. The lowest BCUT2D eigenvalue weighted by Crippen LogP contribution is -2.01. The van der Waals surface area contributed by atoms with Crippen molar-refractivity contribution in [3.8, 4) is 22.8 Å². The number of hydrogen-bond acceptors (Lipinski definition) is 5. The van der Waals surface area contributed by atoms with Crippen molar-refractivity contribution >= 4 is 22.9 Å². The Morgan fingerprint density at radius 2 is 1.68 bits per heavy atom. The third kappa shape index (κ3) is 2.55. The molecule has 1 aliphatic heterocycles. The fourth-order valence-electron chi connectivity index (χ4n) is 2.86. The van der Waals surface area contributed by atoms with Crippen molar-refractivity contribution in [1.29, 1.82) is 0 Å². The molecule has 0 aliphatic carbocycles. The number of benzene rings is 2. The number of rotatable bonds is 4. The fourth-order valence-corrected chi connectivity index (χ4v) is 2.86. The van der Waals surface area contributed by atoms with Crippen LogP contribution in [0.2, 0.25) is 0 Å². The van der Waals surface area contributed by atoms with E-state index in [4.69, 9.17) is 19.0 Å². The van der Waals surface area contributed by atoms with E-state index in [9.17, 15) is 14.7 Å². The van der Waals surface area contributed by atoms with Gasteiger partial charge in [-0.05, 0) is 18.2 Å². The lowest BCUT2D eigenvalue weighted by molar-refractivity contribution is -0.136. The van der Waals surface area contributed by atoms with Gasteiger partial charge in [-0.15, -0.1) is 0 Å². The normalized spacial score (nSPS) is 12.5. The van der Waals surface area contributed by atoms with Crippen LogP contribution in [0.15, 0.2) is 40.8 Å². The van der Waals surface area contributed by atoms with Gasteiger partial charge in [-0.1, -0.05) is 12.1 Å². The molecular weight excluding hydrogens is 328 g/mol. The number of carbonyl (C=O) groups is 2. The first-order valence-corrected chi connectivity index (χ1v) is 7.43. The van der Waals surface area contributed by atoms with Crippen molar-refractivity contribution in [3.63, 3.8) is 0 Å². The summed E-state index contributed by atoms with van der Waals surface area (Å²) in [5, 5.41) is 18.9. The van der Waals surface area contributed by atoms with E-state index < -0.39 is 11.9 Å². The van der Waals surface area contributed by atoms with Crippen LogP contribution in [0.4, 0.5) is 0 Å². The zero-order valence-corrected chi connectivity index (χ0v) is 12.8. The van der Waals surface area contributed by atoms with Gasteiger partial charge in [-0.3, -0.25) is 4.79 Å². The maximum absolute atomic E-state index is 11.3. The van der Waals surface area contributed by atoms with Crippen LogP contribution in [-0.2, 0) is 11.2 Å². The maximum Gasteiger partial charge on any atom is 0.335 e. The maximum atomic E-state index is 11.3. The van der Waals surface area contributed by atoms with Crippen molar-refractivity contribution in [2.45, 2.75) is 6.42 Å². The number of furan rings is 1. The van der Waals surface area contributed by atoms with Crippen molar-refractivity contribution in [2.75, 3.05) is 6.79 Å². The van der Waals surface area contributed by atoms with Gasteiger partial charge in [0.05, 0.1) is 12.0 Å². The van der Waals surface area contributed by atoms with Gasteiger partial charge in [0.15, 0.2) is 11.5 Å². The van der Waals surface area contributed by atoms with Crippen LogP contribution in [0.5, 0.6) is 11.5 Å². The highest BCUT2D eigenvalue weighted by Gasteiger charge is 2.23. The Morgan fingerprint density at radius 1 is 1.00 bits per heavy atom. The zero-order chi connectivity index (χ0) is 17.6. The average molecular weight is 340 g/mol. The van der Waals surface area contributed by atoms with Crippen LogP contribution in [0.1, 0.15) is 15.9 Å². The highest BCUT2D eigenvalue weighted by atomic mass is 16.7. The van der Waals surface area contributed by atoms with Crippen LogP contribution in [0.25, 0.3) is 22.3 Å². The van der Waals surface area contributed by atoms with E-state index in [0.29, 0.717) is 39.4 Å². The molecule has 0 bridgehead atoms. The van der Waals surface area contributed by atoms with Gasteiger partial charge in [-0.25, -0.2) is 4.79 Å². The second-order valence-corrected chi connectivity index (χ2v) is 5.56. The molecule has 0 saturated heterocycles. The molecule has 0 amide bonds. The molecule has 0 atom stereocenters. The van der Waals surface area contributed by atoms with Crippen molar-refractivity contribution in [2.24, 2.45) is 0 Å². The number of fused-ring (bicyclic) bond motifs is 2. The minimum atomic E-state index is -1.03. The van der Waals surface area contributed by atoms with Gasteiger partial charge in [0.2, 0.25) is 6.79 Å². The molecule has 1 aliphatic rings. The van der Waals surface area contributed by atoms with Gasteiger partial charge < -0.3 is 24.1 Å². The molecule has 7 nitrogen and oxygen atoms in total. The molecule has 7 heteroatoms. The van der Waals surface area contributed by atoms with Gasteiger partial charge >= 0.3 is 11.9 Å². The molecule has 126 valence electrons. The number of aliphatic carboxylic acids is 1. The molecule has 3 aromatic rings. The average Bonchev–Trinajstić information content (AvgIpc) is 3.17. The zero-order valence-electron chi connectivity index (χ0n) is 12.8. The lowest BCUT2D eigenvalue weighted by atomic mass is 10.0. The van der Waals surface area contributed by atoms with Gasteiger partial charge in [0.25, 0.3) is 0 Å². The van der Waals surface area contributed by atoms with E-state index in [-0.39, 0.29) is 18.8 Å². The summed E-state index contributed by atoms with van der Waals surface area (Å²) >= 11 is 0. The number of carboxylic acid groups (broad SMARTS) is 2. The molecule has 0 radical (unpaired) electrons. The largest absolute Gasteiger partial charge is 0.481 e. The van der Waals surface area contributed by atoms with E-state index in [1.54, 1.807) is 24.3 Å². The summed E-state index contributed by atoms with van der Waals surface area (Å²) < 4.78 is 16.5. The Morgan fingerprint density at radius 3 is 2.32 bits per heavy atom. The van der Waals surface area contributed by atoms with E-state index in [2.05, 4.69) is 0 Å². The topological polar surface area (TPSA) is 106 Å². The Bertz CT molecular complexity index is 998. The monoisotopic (exact) mass is 340 g/mol. The van der Waals surface area contributed by atoms with Crippen LogP contribution in [-0.4, -0.2) is 28.9 Å². The first-order chi connectivity index (χ1) is 12.0. The SMILES string of the molecule is O=C(O)Cc1c(-c2ccc(C(=O)O)cc2)oc2cc3c(cc12)OCO3. The minimum absolute atomic E-state index is 0.111. The molecule has 1 aromatic heterocycles. The Hall–Kier alpha value is -3.48. The summed E-state index contributed by atoms with van der Waals surface area (Å²) in [7, 11) is 0. The van der Waals surface area contributed by atoms with E-state index in [1.165, 1.54) is 12.1 Å². The number of carboxylic acids is 2. The smallest absolute Gasteiger partial charge is 0.335 e. The Balaban J connectivity index is 1.89. The number of hydrogen-bond donors (Lipinski definition) is 2. The second-order valence-electron chi connectivity index (χ2n) is 5.56. The van der Waals surface area contributed by atoms with Crippen molar-refractivity contribution in [1.82, 2.24) is 0 Å². The number of aromatic carboxylic acids is 1. The lowest BCUT2D eigenvalue weighted by Gasteiger charge is -2.02. The predicted molar refractivity (Wildman–Crippen MR) is 86.1 cm³/mol. The summed E-state index contributed by atoms with van der Waals surface area (Å²) in [4.78, 5) is 22.3. The third-order valence-electron chi connectivity index (χ3n) is 4.01. The van der Waals surface area contributed by atoms with Crippen LogP contribution >= 0.6 is 0 Å². The quantitative estimate of drug-likeness (QED) is 0.751. The van der Waals surface area contributed by atoms with Crippen LogP contribution < -0.4 is 9.47 Å². The van der Waals surface area contributed by atoms with Gasteiger partial charge in [0.1, 0.15) is 11.3 Å². The first-order valence-electron chi connectivity index (χ1n) is 7.43. The highest BCUT2D eigenvalue weighted by Crippen LogP contribution is 2.41. The van der Waals surface area contributed by atoms with Crippen molar-refractivity contribution < 1.29 is 33.7 Å². The molecular formula is C18H12O7. The summed E-state index contributed by atoms with van der Waals surface area (Å²) in [6.07, 6.45) is -0.233. The molecule has 4 rings (SSSR count). The molecule has 0 unspecified atom stereocenters. The molecule has 0 fully saturated rings. The minimum Gasteiger partial charge on any atom is -0.481 e. The molecule has 0 saturated carbocycles. The Labute approximate surface area is 141 Å². The third-order valence-corrected chi connectivity index (χ3v) is 4.01. The summed E-state index contributed by atoms with van der Waals surface area (Å²) in [5.41, 5.74) is 1.72. The molecule has 25 heavy (non-hydrogen) atoms. The molecule has 2 aromatic carbocycles. The summed E-state index contributed by atoms with van der Waals surface area (Å²) in [6, 6.07) is 9.44. The van der Waals surface area contributed by atoms with Gasteiger partial charge in [-0.2, -0.15) is 0 Å². The van der Waals surface area contributed by atoms with Crippen LogP contribution in [0.3, 0.4) is 0 Å². The van der Waals surface area contributed by atoms with Crippen LogP contribution in [0, 0.1) is 0 Å². The van der Waals surface area contributed by atoms with Gasteiger partial charge in [0, 0.05) is 22.6 Å². The van der Waals surface area contributed by atoms with E-state index in [1.807, 2.05) is 0 Å². The van der Waals surface area contributed by atoms with Crippen molar-refractivity contribution in [3.05, 3.63) is 47.5 Å². The standard InChI is InChI=1S/C18H12O7/c19-16(20)6-12-11-5-14-15(24-8-23-14)7-13(11)25-17(12)9-1-3-10(4-2-9)18(21)22/h1-5,7H,6,8H2,(H,19,20)(H,21,22). The summed E-state index contributed by atoms with van der Waals surface area (Å²) in [5.74, 6) is -0.571. The van der Waals surface area contributed by atoms with E-state index >= 15 is 0 Å². The second kappa shape index (κ2) is 5.55.